The highest BCUT2D eigenvalue weighted by Gasteiger charge is 2.18. The molecule has 0 spiro atoms. The number of rotatable bonds is 9. The molecule has 1 unspecified atom stereocenters. The Morgan fingerprint density at radius 1 is 1.27 bits per heavy atom. The molecule has 6 nitrogen and oxygen atoms in total. The molecule has 0 amide bonds. The van der Waals surface area contributed by atoms with E-state index in [-0.39, 0.29) is 11.7 Å². The van der Waals surface area contributed by atoms with E-state index in [2.05, 4.69) is 46.1 Å². The largest absolute Gasteiger partial charge is 0.376 e. The average molecular weight is 431 g/mol. The number of thiocarbonyl (C=S) groups is 1. The molecule has 1 fully saturated rings. The van der Waals surface area contributed by atoms with Crippen molar-refractivity contribution in [2.24, 2.45) is 0 Å². The number of benzene rings is 1. The lowest BCUT2D eigenvalue weighted by molar-refractivity contribution is 0.113. The van der Waals surface area contributed by atoms with E-state index in [0.717, 1.165) is 67.7 Å². The number of ether oxygens (including phenoxy) is 1. The summed E-state index contributed by atoms with van der Waals surface area (Å²) in [6.07, 6.45) is 2.40. The van der Waals surface area contributed by atoms with Gasteiger partial charge in [-0.1, -0.05) is 26.0 Å². The van der Waals surface area contributed by atoms with Crippen molar-refractivity contribution in [3.63, 3.8) is 0 Å². The smallest absolute Gasteiger partial charge is 0.253 e. The normalized spacial score (nSPS) is 16.3. The first-order valence-corrected chi connectivity index (χ1v) is 11.4. The number of likely N-dealkylation sites (N-methyl/N-ethyl adjacent to an activating group) is 1. The summed E-state index contributed by atoms with van der Waals surface area (Å²) in [6, 6.07) is 8.11. The summed E-state index contributed by atoms with van der Waals surface area (Å²) in [4.78, 5) is 20.2. The van der Waals surface area contributed by atoms with E-state index >= 15 is 0 Å². The Balaban J connectivity index is 1.75. The van der Waals surface area contributed by atoms with Gasteiger partial charge in [-0.15, -0.1) is 0 Å². The van der Waals surface area contributed by atoms with Gasteiger partial charge in [-0.05, 0) is 68.2 Å². The number of pyridine rings is 1. The van der Waals surface area contributed by atoms with Gasteiger partial charge in [-0.25, -0.2) is 0 Å². The van der Waals surface area contributed by atoms with Crippen molar-refractivity contribution in [2.75, 3.05) is 39.3 Å². The van der Waals surface area contributed by atoms with Crippen molar-refractivity contribution in [1.82, 2.24) is 20.1 Å². The number of aromatic amines is 1. The second kappa shape index (κ2) is 10.9. The van der Waals surface area contributed by atoms with Crippen molar-refractivity contribution in [1.29, 1.82) is 0 Å². The first-order chi connectivity index (χ1) is 14.5. The summed E-state index contributed by atoms with van der Waals surface area (Å²) in [7, 11) is 0. The third-order valence-corrected chi connectivity index (χ3v) is 6.21. The number of hydrogen-bond acceptors (Lipinski definition) is 4. The second-order valence-electron chi connectivity index (χ2n) is 7.98. The summed E-state index contributed by atoms with van der Waals surface area (Å²) in [5.74, 6) is 0. The lowest BCUT2D eigenvalue weighted by Crippen LogP contribution is -2.46. The fraction of sp³-hybridized carbons (Fsp3) is 0.565. The van der Waals surface area contributed by atoms with E-state index in [1.165, 1.54) is 0 Å². The fourth-order valence-corrected chi connectivity index (χ4v) is 4.09. The third-order valence-electron chi connectivity index (χ3n) is 5.81. The van der Waals surface area contributed by atoms with Gasteiger partial charge in [0.25, 0.3) is 5.56 Å². The summed E-state index contributed by atoms with van der Waals surface area (Å²) >= 11 is 5.72. The minimum Gasteiger partial charge on any atom is -0.376 e. The molecule has 1 saturated heterocycles. The molecule has 1 aliphatic rings. The van der Waals surface area contributed by atoms with Crippen LogP contribution in [0.1, 0.15) is 37.8 Å². The monoisotopic (exact) mass is 430 g/mol. The molecule has 30 heavy (non-hydrogen) atoms. The first-order valence-electron chi connectivity index (χ1n) is 11.0. The number of aromatic nitrogens is 1. The van der Waals surface area contributed by atoms with Crippen LogP contribution in [0.4, 0.5) is 0 Å². The predicted octanol–water partition coefficient (Wildman–Crippen LogP) is 3.03. The van der Waals surface area contributed by atoms with Crippen LogP contribution in [0.25, 0.3) is 10.9 Å². The molecule has 1 aromatic heterocycles. The van der Waals surface area contributed by atoms with E-state index in [0.29, 0.717) is 18.2 Å². The summed E-state index contributed by atoms with van der Waals surface area (Å²) in [5.41, 5.74) is 2.68. The second-order valence-corrected chi connectivity index (χ2v) is 8.37. The molecule has 0 aliphatic carbocycles. The zero-order chi connectivity index (χ0) is 21.5. The van der Waals surface area contributed by atoms with Crippen LogP contribution in [0.15, 0.2) is 29.1 Å². The fourth-order valence-electron chi connectivity index (χ4n) is 3.86. The quantitative estimate of drug-likeness (QED) is 0.597. The molecule has 1 atom stereocenters. The van der Waals surface area contributed by atoms with Gasteiger partial charge in [0, 0.05) is 37.3 Å². The minimum absolute atomic E-state index is 0.0529. The van der Waals surface area contributed by atoms with Gasteiger partial charge in [-0.2, -0.15) is 0 Å². The molecule has 3 rings (SSSR count). The lowest BCUT2D eigenvalue weighted by Gasteiger charge is -2.29. The van der Waals surface area contributed by atoms with Crippen LogP contribution in [0.2, 0.25) is 0 Å². The molecule has 2 aromatic rings. The summed E-state index contributed by atoms with van der Waals surface area (Å²) in [6.45, 7) is 12.0. The number of H-pyrrole nitrogens is 1. The first kappa shape index (κ1) is 22.7. The zero-order valence-electron chi connectivity index (χ0n) is 18.4. The Bertz CT molecular complexity index is 904. The molecule has 2 heterocycles. The van der Waals surface area contributed by atoms with Gasteiger partial charge in [-0.3, -0.25) is 4.79 Å². The maximum absolute atomic E-state index is 12.7. The molecule has 2 N–H and O–H groups in total. The Kier molecular flexibility index (Phi) is 8.24. The van der Waals surface area contributed by atoms with E-state index in [1.54, 1.807) is 0 Å². The molecule has 0 bridgehead atoms. The molecular weight excluding hydrogens is 396 g/mol. The van der Waals surface area contributed by atoms with Gasteiger partial charge >= 0.3 is 0 Å². The van der Waals surface area contributed by atoms with Gasteiger partial charge < -0.3 is 24.8 Å². The highest BCUT2D eigenvalue weighted by molar-refractivity contribution is 7.80. The van der Waals surface area contributed by atoms with Crippen molar-refractivity contribution >= 4 is 28.2 Å². The van der Waals surface area contributed by atoms with E-state index < -0.39 is 0 Å². The van der Waals surface area contributed by atoms with Gasteiger partial charge in [0.2, 0.25) is 0 Å². The molecule has 0 radical (unpaired) electrons. The van der Waals surface area contributed by atoms with Gasteiger partial charge in [0.05, 0.1) is 12.6 Å². The van der Waals surface area contributed by atoms with Crippen molar-refractivity contribution in [3.05, 3.63) is 45.7 Å². The summed E-state index contributed by atoms with van der Waals surface area (Å²) < 4.78 is 5.71. The van der Waals surface area contributed by atoms with E-state index in [1.807, 2.05) is 19.1 Å². The summed E-state index contributed by atoms with van der Waals surface area (Å²) in [5, 5.41) is 5.09. The third kappa shape index (κ3) is 6.03. The Morgan fingerprint density at radius 2 is 2.07 bits per heavy atom. The highest BCUT2D eigenvalue weighted by atomic mass is 32.1. The molecular formula is C23H34N4O2S. The SMILES string of the molecule is CCN(CC)CCN(Cc1cc2ccc(C)cc2[nH]c1=O)C(=S)NCC1CCCO1. The standard InChI is InChI=1S/C23H34N4O2S/c1-4-26(5-2)10-11-27(23(30)24-15-20-7-6-12-29-20)16-19-14-18-9-8-17(3)13-21(18)25-22(19)28/h8-9,13-14,20H,4-7,10-12,15-16H2,1-3H3,(H,24,30)(H,25,28). The van der Waals surface area contributed by atoms with Gasteiger partial charge in [0.15, 0.2) is 5.11 Å². The predicted molar refractivity (Wildman–Crippen MR) is 127 cm³/mol. The number of nitrogens with one attached hydrogen (secondary N) is 2. The van der Waals surface area contributed by atoms with Crippen LogP contribution in [0.5, 0.6) is 0 Å². The Hall–Kier alpha value is -1.96. The lowest BCUT2D eigenvalue weighted by atomic mass is 10.1. The molecule has 1 aliphatic heterocycles. The van der Waals surface area contributed by atoms with Crippen molar-refractivity contribution in [2.45, 2.75) is 46.3 Å². The van der Waals surface area contributed by atoms with Crippen LogP contribution < -0.4 is 10.9 Å². The number of hydrogen-bond donors (Lipinski definition) is 2. The van der Waals surface area contributed by atoms with Crippen LogP contribution in [-0.4, -0.2) is 65.3 Å². The van der Waals surface area contributed by atoms with Gasteiger partial charge in [0.1, 0.15) is 0 Å². The number of fused-ring (bicyclic) bond motifs is 1. The molecule has 0 saturated carbocycles. The van der Waals surface area contributed by atoms with Crippen molar-refractivity contribution < 1.29 is 4.74 Å². The average Bonchev–Trinajstić information content (AvgIpc) is 3.26. The maximum Gasteiger partial charge on any atom is 0.253 e. The van der Waals surface area contributed by atoms with Crippen LogP contribution in [-0.2, 0) is 11.3 Å². The van der Waals surface area contributed by atoms with Crippen molar-refractivity contribution in [3.8, 4) is 0 Å². The molecule has 164 valence electrons. The zero-order valence-corrected chi connectivity index (χ0v) is 19.2. The molecule has 7 heteroatoms. The number of nitrogens with zero attached hydrogens (tertiary/aromatic N) is 2. The van der Waals surface area contributed by atoms with Crippen LogP contribution in [0, 0.1) is 6.92 Å². The Labute approximate surface area is 184 Å². The highest BCUT2D eigenvalue weighted by Crippen LogP contribution is 2.15. The topological polar surface area (TPSA) is 60.6 Å². The number of aryl methyl sites for hydroxylation is 1. The van der Waals surface area contributed by atoms with Crippen LogP contribution >= 0.6 is 12.2 Å². The van der Waals surface area contributed by atoms with E-state index in [4.69, 9.17) is 17.0 Å². The Morgan fingerprint density at radius 3 is 2.77 bits per heavy atom. The minimum atomic E-state index is -0.0529. The maximum atomic E-state index is 12.7. The van der Waals surface area contributed by atoms with Crippen LogP contribution in [0.3, 0.4) is 0 Å². The molecule has 1 aromatic carbocycles. The van der Waals surface area contributed by atoms with E-state index in [9.17, 15) is 4.79 Å².